The lowest BCUT2D eigenvalue weighted by Crippen LogP contribution is -1.99. The van der Waals surface area contributed by atoms with Gasteiger partial charge in [0.15, 0.2) is 0 Å². The van der Waals surface area contributed by atoms with E-state index in [-0.39, 0.29) is 0 Å². The lowest BCUT2D eigenvalue weighted by Gasteiger charge is -2.04. The number of hydrogen-bond acceptors (Lipinski definition) is 5. The van der Waals surface area contributed by atoms with E-state index in [1.54, 1.807) is 18.6 Å². The van der Waals surface area contributed by atoms with Crippen LogP contribution < -0.4 is 4.74 Å². The van der Waals surface area contributed by atoms with Crippen LogP contribution in [0.4, 0.5) is 0 Å². The van der Waals surface area contributed by atoms with Gasteiger partial charge in [0.25, 0.3) is 0 Å². The van der Waals surface area contributed by atoms with Crippen LogP contribution in [-0.2, 0) is 6.54 Å². The Balaban J connectivity index is 1.41. The van der Waals surface area contributed by atoms with Crippen LogP contribution in [0.25, 0.3) is 21.8 Å². The molecule has 0 aliphatic rings. The van der Waals surface area contributed by atoms with E-state index in [9.17, 15) is 0 Å². The molecule has 0 saturated carbocycles. The van der Waals surface area contributed by atoms with Crippen molar-refractivity contribution in [2.24, 2.45) is 0 Å². The summed E-state index contributed by atoms with van der Waals surface area (Å²) in [5.41, 5.74) is 2.88. The van der Waals surface area contributed by atoms with Gasteiger partial charge in [-0.15, -0.1) is 0 Å². The molecule has 0 N–H and O–H groups in total. The standard InChI is InChI=1S/C21H15N5O/c1-2-4-15(5-3-1)13-26-14-17-10-18(6-7-19(17)25-26)27-21-23-11-16-8-9-22-12-20(16)24-21/h1-12,14H,13H2. The zero-order chi connectivity index (χ0) is 18.1. The van der Waals surface area contributed by atoms with Gasteiger partial charge in [0.1, 0.15) is 5.75 Å². The third kappa shape index (κ3) is 3.20. The Bertz CT molecular complexity index is 1230. The van der Waals surface area contributed by atoms with Gasteiger partial charge < -0.3 is 4.74 Å². The van der Waals surface area contributed by atoms with Crippen molar-refractivity contribution in [1.29, 1.82) is 0 Å². The summed E-state index contributed by atoms with van der Waals surface area (Å²) in [6.07, 6.45) is 7.16. The molecule has 3 aromatic heterocycles. The van der Waals surface area contributed by atoms with Gasteiger partial charge in [0, 0.05) is 29.4 Å². The molecule has 0 bridgehead atoms. The molecule has 6 heteroatoms. The maximum absolute atomic E-state index is 5.84. The van der Waals surface area contributed by atoms with Crippen molar-refractivity contribution in [3.8, 4) is 11.8 Å². The van der Waals surface area contributed by atoms with Crippen molar-refractivity contribution in [1.82, 2.24) is 24.7 Å². The fourth-order valence-corrected chi connectivity index (χ4v) is 2.98. The fourth-order valence-electron chi connectivity index (χ4n) is 2.98. The van der Waals surface area contributed by atoms with Gasteiger partial charge in [0.2, 0.25) is 0 Å². The van der Waals surface area contributed by atoms with Crippen LogP contribution in [0.1, 0.15) is 5.56 Å². The summed E-state index contributed by atoms with van der Waals surface area (Å²) in [5.74, 6) is 0.671. The van der Waals surface area contributed by atoms with Gasteiger partial charge in [-0.2, -0.15) is 10.1 Å². The minimum Gasteiger partial charge on any atom is -0.424 e. The van der Waals surface area contributed by atoms with Gasteiger partial charge in [-0.05, 0) is 29.8 Å². The number of fused-ring (bicyclic) bond motifs is 2. The molecular weight excluding hydrogens is 338 g/mol. The van der Waals surface area contributed by atoms with E-state index in [1.165, 1.54) is 5.56 Å². The summed E-state index contributed by atoms with van der Waals surface area (Å²) in [5, 5.41) is 6.55. The highest BCUT2D eigenvalue weighted by Crippen LogP contribution is 2.24. The largest absolute Gasteiger partial charge is 0.424 e. The lowest BCUT2D eigenvalue weighted by atomic mass is 10.2. The lowest BCUT2D eigenvalue weighted by molar-refractivity contribution is 0.445. The fraction of sp³-hybridized carbons (Fsp3) is 0.0476. The second kappa shape index (κ2) is 6.49. The molecule has 0 aliphatic carbocycles. The monoisotopic (exact) mass is 353 g/mol. The Kier molecular flexibility index (Phi) is 3.72. The van der Waals surface area contributed by atoms with Gasteiger partial charge >= 0.3 is 6.01 Å². The molecule has 0 amide bonds. The number of nitrogens with zero attached hydrogens (tertiary/aromatic N) is 5. The zero-order valence-electron chi connectivity index (χ0n) is 14.4. The van der Waals surface area contributed by atoms with E-state index >= 15 is 0 Å². The van der Waals surface area contributed by atoms with Crippen molar-refractivity contribution < 1.29 is 4.74 Å². The third-order valence-electron chi connectivity index (χ3n) is 4.28. The van der Waals surface area contributed by atoms with Gasteiger partial charge in [-0.25, -0.2) is 4.98 Å². The number of hydrogen-bond donors (Lipinski definition) is 0. The molecule has 130 valence electrons. The van der Waals surface area contributed by atoms with Gasteiger partial charge in [0.05, 0.1) is 23.8 Å². The number of aromatic nitrogens is 5. The Labute approximate surface area is 155 Å². The normalized spacial score (nSPS) is 11.1. The molecule has 0 unspecified atom stereocenters. The first kappa shape index (κ1) is 15.5. The van der Waals surface area contributed by atoms with E-state index in [4.69, 9.17) is 4.74 Å². The number of benzene rings is 2. The van der Waals surface area contributed by atoms with Crippen molar-refractivity contribution in [3.05, 3.63) is 84.9 Å². The molecule has 2 aromatic carbocycles. The minimum absolute atomic E-state index is 0.298. The highest BCUT2D eigenvalue weighted by Gasteiger charge is 2.07. The first-order valence-electron chi connectivity index (χ1n) is 8.59. The number of ether oxygens (including phenoxy) is 1. The predicted molar refractivity (Wildman–Crippen MR) is 103 cm³/mol. The maximum atomic E-state index is 5.84. The highest BCUT2D eigenvalue weighted by atomic mass is 16.5. The number of rotatable bonds is 4. The Morgan fingerprint density at radius 3 is 2.74 bits per heavy atom. The van der Waals surface area contributed by atoms with Crippen LogP contribution in [0.3, 0.4) is 0 Å². The summed E-state index contributed by atoms with van der Waals surface area (Å²) >= 11 is 0. The SMILES string of the molecule is c1ccc(Cn2cc3cc(Oc4ncc5ccncc5n4)ccc3n2)cc1. The molecule has 0 saturated heterocycles. The van der Waals surface area contributed by atoms with Crippen molar-refractivity contribution in [3.63, 3.8) is 0 Å². The second-order valence-electron chi connectivity index (χ2n) is 6.22. The van der Waals surface area contributed by atoms with Crippen molar-refractivity contribution in [2.75, 3.05) is 0 Å². The van der Waals surface area contributed by atoms with Gasteiger partial charge in [-0.3, -0.25) is 9.67 Å². The number of pyridine rings is 1. The minimum atomic E-state index is 0.298. The van der Waals surface area contributed by atoms with E-state index in [0.29, 0.717) is 11.8 Å². The molecular formula is C21H15N5O. The topological polar surface area (TPSA) is 65.7 Å². The molecule has 0 aliphatic heterocycles. The first-order chi connectivity index (χ1) is 13.3. The molecule has 27 heavy (non-hydrogen) atoms. The van der Waals surface area contributed by atoms with Crippen molar-refractivity contribution >= 4 is 21.8 Å². The first-order valence-corrected chi connectivity index (χ1v) is 8.59. The van der Waals surface area contributed by atoms with Crippen LogP contribution in [0.15, 0.2) is 79.4 Å². The predicted octanol–water partition coefficient (Wildman–Crippen LogP) is 4.22. The summed E-state index contributed by atoms with van der Waals surface area (Å²) in [6.45, 7) is 0.729. The van der Waals surface area contributed by atoms with Crippen LogP contribution in [0.2, 0.25) is 0 Å². The summed E-state index contributed by atoms with van der Waals surface area (Å²) in [7, 11) is 0. The van der Waals surface area contributed by atoms with Gasteiger partial charge in [-0.1, -0.05) is 30.3 Å². The average Bonchev–Trinajstić information content (AvgIpc) is 3.10. The van der Waals surface area contributed by atoms with E-state index in [0.717, 1.165) is 28.4 Å². The van der Waals surface area contributed by atoms with Crippen LogP contribution in [0.5, 0.6) is 11.8 Å². The Morgan fingerprint density at radius 2 is 1.81 bits per heavy atom. The smallest absolute Gasteiger partial charge is 0.322 e. The second-order valence-corrected chi connectivity index (χ2v) is 6.22. The zero-order valence-corrected chi connectivity index (χ0v) is 14.4. The molecule has 0 atom stereocenters. The summed E-state index contributed by atoms with van der Waals surface area (Å²) in [4.78, 5) is 12.7. The van der Waals surface area contributed by atoms with Crippen LogP contribution in [-0.4, -0.2) is 24.7 Å². The molecule has 5 aromatic rings. The molecule has 3 heterocycles. The van der Waals surface area contributed by atoms with E-state index < -0.39 is 0 Å². The summed E-state index contributed by atoms with van der Waals surface area (Å²) in [6, 6.07) is 18.2. The van der Waals surface area contributed by atoms with Crippen LogP contribution in [0, 0.1) is 0 Å². The van der Waals surface area contributed by atoms with E-state index in [2.05, 4.69) is 32.2 Å². The molecule has 6 nitrogen and oxygen atoms in total. The Hall–Kier alpha value is -3.80. The third-order valence-corrected chi connectivity index (χ3v) is 4.28. The molecule has 5 rings (SSSR count). The Morgan fingerprint density at radius 1 is 0.889 bits per heavy atom. The van der Waals surface area contributed by atoms with Crippen molar-refractivity contribution in [2.45, 2.75) is 6.54 Å². The van der Waals surface area contributed by atoms with Crippen LogP contribution >= 0.6 is 0 Å². The van der Waals surface area contributed by atoms with E-state index in [1.807, 2.05) is 53.3 Å². The quantitative estimate of drug-likeness (QED) is 0.484. The molecule has 0 fully saturated rings. The average molecular weight is 353 g/mol. The maximum Gasteiger partial charge on any atom is 0.322 e. The molecule has 0 radical (unpaired) electrons. The summed E-state index contributed by atoms with van der Waals surface area (Å²) < 4.78 is 7.77. The highest BCUT2D eigenvalue weighted by molar-refractivity contribution is 5.80. The molecule has 0 spiro atoms.